The second-order valence-electron chi connectivity index (χ2n) is 8.65. The molecule has 0 aliphatic carbocycles. The van der Waals surface area contributed by atoms with Gasteiger partial charge in [0, 0.05) is 24.5 Å². The van der Waals surface area contributed by atoms with E-state index in [1.807, 2.05) is 41.9 Å². The smallest absolute Gasteiger partial charge is 0.411 e. The third kappa shape index (κ3) is 3.45. The van der Waals surface area contributed by atoms with Crippen molar-refractivity contribution in [3.8, 4) is 0 Å². The van der Waals surface area contributed by atoms with Crippen LogP contribution in [0.4, 0.5) is 5.69 Å². The molecule has 0 unspecified atom stereocenters. The van der Waals surface area contributed by atoms with Crippen molar-refractivity contribution in [2.24, 2.45) is 0 Å². The third-order valence-corrected chi connectivity index (χ3v) is 6.21. The van der Waals surface area contributed by atoms with E-state index in [1.165, 1.54) is 0 Å². The van der Waals surface area contributed by atoms with Crippen LogP contribution in [0.3, 0.4) is 0 Å². The molecule has 3 N–H and O–H groups in total. The van der Waals surface area contributed by atoms with E-state index in [-0.39, 0.29) is 18.2 Å². The number of pyridine rings is 2. The van der Waals surface area contributed by atoms with Gasteiger partial charge in [-0.05, 0) is 68.9 Å². The number of hydrogen-bond acceptors (Lipinski definition) is 5. The highest BCUT2D eigenvalue weighted by Crippen LogP contribution is 2.32. The van der Waals surface area contributed by atoms with Crippen LogP contribution in [-0.4, -0.2) is 34.8 Å². The summed E-state index contributed by atoms with van der Waals surface area (Å²) in [6.45, 7) is 9.12. The molecule has 1 fully saturated rings. The molecule has 0 atom stereocenters. The predicted octanol–water partition coefficient (Wildman–Crippen LogP) is 2.48. The lowest BCUT2D eigenvalue weighted by Crippen LogP contribution is -2.51. The van der Waals surface area contributed by atoms with Crippen LogP contribution in [0.15, 0.2) is 48.7 Å². The lowest BCUT2D eigenvalue weighted by molar-refractivity contribution is 0.0750. The van der Waals surface area contributed by atoms with Gasteiger partial charge in [0.1, 0.15) is 5.49 Å². The van der Waals surface area contributed by atoms with Crippen molar-refractivity contribution in [2.45, 2.75) is 45.4 Å². The molecule has 1 aromatic carbocycles. The molecule has 29 heavy (non-hydrogen) atoms. The van der Waals surface area contributed by atoms with Gasteiger partial charge in [-0.3, -0.25) is 10.4 Å². The number of anilines is 1. The number of nitrogens with one attached hydrogen (secondary N) is 3. The van der Waals surface area contributed by atoms with E-state index in [0.717, 1.165) is 27.7 Å². The van der Waals surface area contributed by atoms with Crippen molar-refractivity contribution >= 4 is 29.1 Å². The summed E-state index contributed by atoms with van der Waals surface area (Å²) in [5.41, 5.74) is 3.99. The number of fused-ring (bicyclic) bond motifs is 1. The molecule has 0 spiro atoms. The Bertz CT molecular complexity index is 1090. The van der Waals surface area contributed by atoms with Crippen LogP contribution in [-0.2, 0) is 11.2 Å². The Labute approximate surface area is 172 Å². The minimum Gasteiger partial charge on any atom is -0.411 e. The summed E-state index contributed by atoms with van der Waals surface area (Å²) < 4.78 is 8.37. The first-order chi connectivity index (χ1) is 13.7. The van der Waals surface area contributed by atoms with E-state index in [4.69, 9.17) is 10.1 Å². The van der Waals surface area contributed by atoms with E-state index in [0.29, 0.717) is 12.0 Å². The van der Waals surface area contributed by atoms with Crippen LogP contribution < -0.4 is 21.5 Å². The van der Waals surface area contributed by atoms with Crippen molar-refractivity contribution in [1.29, 1.82) is 5.41 Å². The van der Waals surface area contributed by atoms with Gasteiger partial charge in [-0.1, -0.05) is 12.1 Å². The number of aromatic nitrogens is 2. The molecule has 6 nitrogen and oxygen atoms in total. The first-order valence-electron chi connectivity index (χ1n) is 9.97. The Morgan fingerprint density at radius 1 is 1.17 bits per heavy atom. The van der Waals surface area contributed by atoms with Gasteiger partial charge in [-0.25, -0.2) is 0 Å². The average Bonchev–Trinajstić information content (AvgIpc) is 2.91. The lowest BCUT2D eigenvalue weighted by atomic mass is 9.71. The average molecular weight is 389 g/mol. The second-order valence-corrected chi connectivity index (χ2v) is 8.65. The molecule has 150 valence electrons. The predicted molar refractivity (Wildman–Crippen MR) is 118 cm³/mol. The molecule has 1 aliphatic rings. The number of nitrogens with zero attached hydrogens (tertiary/aromatic N) is 2. The highest BCUT2D eigenvalue weighted by Gasteiger charge is 2.50. The van der Waals surface area contributed by atoms with Gasteiger partial charge >= 0.3 is 7.05 Å². The third-order valence-electron chi connectivity index (χ3n) is 6.21. The molecule has 1 saturated heterocycles. The van der Waals surface area contributed by atoms with Gasteiger partial charge in [-0.15, -0.1) is 0 Å². The first-order valence-corrected chi connectivity index (χ1v) is 9.97. The fraction of sp³-hybridized carbons (Fsp3) is 0.364. The largest absolute Gasteiger partial charge is 0.418 e. The van der Waals surface area contributed by atoms with Crippen LogP contribution in [0.5, 0.6) is 0 Å². The topological polar surface area (TPSA) is 75.0 Å². The molecule has 0 radical (unpaired) electrons. The Morgan fingerprint density at radius 2 is 1.97 bits per heavy atom. The molecule has 7 heteroatoms. The van der Waals surface area contributed by atoms with Crippen molar-refractivity contribution < 1.29 is 4.65 Å². The molecular formula is C22H28BN5O. The minimum absolute atomic E-state index is 0.151. The van der Waals surface area contributed by atoms with Gasteiger partial charge in [0.15, 0.2) is 0 Å². The number of rotatable bonds is 4. The van der Waals surface area contributed by atoms with Gasteiger partial charge in [0.05, 0.1) is 23.4 Å². The standard InChI is InChI=1S/C22H28BN5O/c1-21(2)22(3,4)29-23(27-21)17-12-15-9-10-20(24)28(19(15)13-18(17)25-5)14-16-8-6-7-11-26-16/h6-13,24-25,27H,14H2,1-5H3. The maximum absolute atomic E-state index is 8.43. The molecule has 0 saturated carbocycles. The summed E-state index contributed by atoms with van der Waals surface area (Å²) in [6.07, 6.45) is 1.79. The van der Waals surface area contributed by atoms with Gasteiger partial charge < -0.3 is 19.8 Å². The molecule has 3 heterocycles. The molecule has 3 aromatic rings. The zero-order valence-corrected chi connectivity index (χ0v) is 17.7. The van der Waals surface area contributed by atoms with Crippen LogP contribution in [0.25, 0.3) is 10.9 Å². The Balaban J connectivity index is 1.82. The molecule has 0 amide bonds. The molecule has 2 aromatic heterocycles. The van der Waals surface area contributed by atoms with Crippen LogP contribution in [0.2, 0.25) is 0 Å². The Hall–Kier alpha value is -2.64. The zero-order valence-electron chi connectivity index (χ0n) is 17.7. The van der Waals surface area contributed by atoms with Crippen molar-refractivity contribution in [3.05, 3.63) is 59.8 Å². The fourth-order valence-electron chi connectivity index (χ4n) is 3.75. The highest BCUT2D eigenvalue weighted by molar-refractivity contribution is 6.68. The molecule has 1 aliphatic heterocycles. The monoisotopic (exact) mass is 389 g/mol. The first kappa shape index (κ1) is 19.7. The summed E-state index contributed by atoms with van der Waals surface area (Å²) in [6, 6.07) is 14.0. The SMILES string of the molecule is CNc1cc2c(ccc(=N)n2Cc2ccccn2)cc1B1NC(C)(C)C(C)(C)O1. The number of benzene rings is 1. The lowest BCUT2D eigenvalue weighted by Gasteiger charge is -2.33. The molecule has 0 bridgehead atoms. The van der Waals surface area contributed by atoms with Crippen LogP contribution >= 0.6 is 0 Å². The van der Waals surface area contributed by atoms with E-state index in [9.17, 15) is 0 Å². The quantitative estimate of drug-likeness (QED) is 0.600. The van der Waals surface area contributed by atoms with Gasteiger partial charge in [0.2, 0.25) is 0 Å². The summed E-state index contributed by atoms with van der Waals surface area (Å²) in [7, 11) is 1.72. The molecule has 4 rings (SSSR count). The van der Waals surface area contributed by atoms with Crippen LogP contribution in [0, 0.1) is 5.41 Å². The fourth-order valence-corrected chi connectivity index (χ4v) is 3.75. The van der Waals surface area contributed by atoms with E-state index in [2.05, 4.69) is 55.4 Å². The van der Waals surface area contributed by atoms with Gasteiger partial charge in [0.25, 0.3) is 0 Å². The highest BCUT2D eigenvalue weighted by atomic mass is 16.5. The van der Waals surface area contributed by atoms with E-state index < -0.39 is 0 Å². The second kappa shape index (κ2) is 7.00. The molecular weight excluding hydrogens is 361 g/mol. The van der Waals surface area contributed by atoms with Crippen molar-refractivity contribution in [1.82, 2.24) is 14.8 Å². The normalized spacial score (nSPS) is 17.6. The minimum atomic E-state index is -0.290. The maximum atomic E-state index is 8.43. The van der Waals surface area contributed by atoms with E-state index >= 15 is 0 Å². The maximum Gasteiger partial charge on any atom is 0.418 e. The summed E-state index contributed by atoms with van der Waals surface area (Å²) in [5.74, 6) is 0. The van der Waals surface area contributed by atoms with Crippen LogP contribution in [0.1, 0.15) is 33.4 Å². The van der Waals surface area contributed by atoms with Crippen molar-refractivity contribution in [2.75, 3.05) is 12.4 Å². The summed E-state index contributed by atoms with van der Waals surface area (Å²) in [5, 5.41) is 16.4. The summed E-state index contributed by atoms with van der Waals surface area (Å²) >= 11 is 0. The number of hydrogen-bond donors (Lipinski definition) is 3. The Kier molecular flexibility index (Phi) is 4.75. The summed E-state index contributed by atoms with van der Waals surface area (Å²) in [4.78, 5) is 4.43. The van der Waals surface area contributed by atoms with Crippen molar-refractivity contribution in [3.63, 3.8) is 0 Å². The van der Waals surface area contributed by atoms with Gasteiger partial charge in [-0.2, -0.15) is 0 Å². The van der Waals surface area contributed by atoms with E-state index in [1.54, 1.807) is 6.20 Å². The zero-order chi connectivity index (χ0) is 20.8. The Morgan fingerprint density at radius 3 is 2.59 bits per heavy atom.